The number of pyridine rings is 1. The molecule has 2 heterocycles. The first-order chi connectivity index (χ1) is 12.3. The molecule has 0 aliphatic carbocycles. The molecule has 0 saturated carbocycles. The number of nitrogens with one attached hydrogen (secondary N) is 1. The molecular weight excluding hydrogens is 335 g/mol. The molecule has 2 atom stereocenters. The first-order valence-corrected chi connectivity index (χ1v) is 8.32. The van der Waals surface area contributed by atoms with Gasteiger partial charge in [0.2, 0.25) is 5.91 Å². The van der Waals surface area contributed by atoms with Crippen molar-refractivity contribution in [1.82, 2.24) is 15.2 Å². The Morgan fingerprint density at radius 3 is 2.96 bits per heavy atom. The maximum Gasteiger partial charge on any atom is 0.252 e. The van der Waals surface area contributed by atoms with Gasteiger partial charge in [0.25, 0.3) is 5.91 Å². The van der Waals surface area contributed by atoms with Crippen molar-refractivity contribution >= 4 is 22.7 Å². The van der Waals surface area contributed by atoms with Gasteiger partial charge < -0.3 is 10.2 Å². The van der Waals surface area contributed by atoms with Gasteiger partial charge in [0.1, 0.15) is 11.7 Å². The van der Waals surface area contributed by atoms with Gasteiger partial charge in [-0.1, -0.05) is 11.6 Å². The minimum absolute atomic E-state index is 0.0164. The molecular formula is C19H19FN4O2. The predicted octanol–water partition coefficient (Wildman–Crippen LogP) is 2.13. The highest BCUT2D eigenvalue weighted by Crippen LogP contribution is 2.29. The fraction of sp³-hybridized carbons (Fsp3) is 0.368. The van der Waals surface area contributed by atoms with Crippen LogP contribution < -0.4 is 5.32 Å². The maximum absolute atomic E-state index is 14.1. The Kier molecular flexibility index (Phi) is 4.60. The number of hydrogen-bond donors (Lipinski definition) is 1. The predicted molar refractivity (Wildman–Crippen MR) is 94.1 cm³/mol. The lowest BCUT2D eigenvalue weighted by molar-refractivity contribution is -0.130. The number of carbonyl (C=O) groups excluding carboxylic acids is 2. The lowest BCUT2D eigenvalue weighted by Crippen LogP contribution is -2.43. The first kappa shape index (κ1) is 17.8. The SMILES string of the molecule is Cc1ccc2nccc(C(=O)NCC(=O)N3CC(C)(F)C[C@@H]3C#N)c2c1. The van der Waals surface area contributed by atoms with Crippen molar-refractivity contribution < 1.29 is 14.0 Å². The number of aryl methyl sites for hydroxylation is 1. The smallest absolute Gasteiger partial charge is 0.252 e. The second kappa shape index (κ2) is 6.71. The van der Waals surface area contributed by atoms with E-state index in [-0.39, 0.29) is 19.5 Å². The van der Waals surface area contributed by atoms with E-state index in [9.17, 15) is 14.0 Å². The topological polar surface area (TPSA) is 86.1 Å². The van der Waals surface area contributed by atoms with Crippen LogP contribution in [0.2, 0.25) is 0 Å². The second-order valence-electron chi connectivity index (χ2n) is 6.85. The number of likely N-dealkylation sites (tertiary alicyclic amines) is 1. The molecule has 6 nitrogen and oxygen atoms in total. The zero-order valence-corrected chi connectivity index (χ0v) is 14.6. The third kappa shape index (κ3) is 3.49. The number of fused-ring (bicyclic) bond motifs is 1. The summed E-state index contributed by atoms with van der Waals surface area (Å²) in [6.45, 7) is 2.86. The Bertz CT molecular complexity index is 919. The zero-order valence-electron chi connectivity index (χ0n) is 14.6. The first-order valence-electron chi connectivity index (χ1n) is 8.32. The van der Waals surface area contributed by atoms with E-state index >= 15 is 0 Å². The van der Waals surface area contributed by atoms with Crippen molar-refractivity contribution in [3.63, 3.8) is 0 Å². The molecule has 1 saturated heterocycles. The van der Waals surface area contributed by atoms with Crippen molar-refractivity contribution in [2.75, 3.05) is 13.1 Å². The highest BCUT2D eigenvalue weighted by atomic mass is 19.1. The number of amides is 2. The number of nitriles is 1. The van der Waals surface area contributed by atoms with Crippen LogP contribution in [0.15, 0.2) is 30.5 Å². The highest BCUT2D eigenvalue weighted by molar-refractivity contribution is 6.07. The van der Waals surface area contributed by atoms with Crippen LogP contribution >= 0.6 is 0 Å². The lowest BCUT2D eigenvalue weighted by atomic mass is 10.1. The summed E-state index contributed by atoms with van der Waals surface area (Å²) < 4.78 is 14.1. The normalized spacial score (nSPS) is 22.2. The molecule has 1 aliphatic rings. The number of nitrogens with zero attached hydrogens (tertiary/aromatic N) is 3. The summed E-state index contributed by atoms with van der Waals surface area (Å²) in [6, 6.07) is 8.33. The quantitative estimate of drug-likeness (QED) is 0.915. The molecule has 7 heteroatoms. The molecule has 1 aromatic heterocycles. The molecule has 26 heavy (non-hydrogen) atoms. The van der Waals surface area contributed by atoms with Gasteiger partial charge in [0.15, 0.2) is 0 Å². The van der Waals surface area contributed by atoms with Crippen LogP contribution in [0, 0.1) is 18.3 Å². The Morgan fingerprint density at radius 2 is 2.23 bits per heavy atom. The number of carbonyl (C=O) groups is 2. The van der Waals surface area contributed by atoms with Crippen molar-refractivity contribution in [1.29, 1.82) is 5.26 Å². The minimum Gasteiger partial charge on any atom is -0.343 e. The summed E-state index contributed by atoms with van der Waals surface area (Å²) in [4.78, 5) is 30.3. The number of rotatable bonds is 3. The van der Waals surface area contributed by atoms with Crippen molar-refractivity contribution in [2.45, 2.75) is 32.0 Å². The number of halogens is 1. The van der Waals surface area contributed by atoms with E-state index in [0.717, 1.165) is 5.56 Å². The van der Waals surface area contributed by atoms with E-state index < -0.39 is 23.5 Å². The standard InChI is InChI=1S/C19H19FN4O2/c1-12-3-4-16-15(7-12)14(5-6-22-16)18(26)23-10-17(25)24-11-19(2,20)8-13(24)9-21/h3-7,13H,8,10-11H2,1-2H3,(H,23,26)/t13-,19?/m1/s1. The van der Waals surface area contributed by atoms with Gasteiger partial charge in [-0.3, -0.25) is 14.6 Å². The third-order valence-electron chi connectivity index (χ3n) is 4.51. The van der Waals surface area contributed by atoms with Crippen LogP contribution in [0.3, 0.4) is 0 Å². The molecule has 1 N–H and O–H groups in total. The molecule has 2 aromatic rings. The molecule has 0 radical (unpaired) electrons. The number of aromatic nitrogens is 1. The van der Waals surface area contributed by atoms with Crippen LogP contribution in [0.5, 0.6) is 0 Å². The summed E-state index contributed by atoms with van der Waals surface area (Å²) in [5, 5.41) is 12.4. The highest BCUT2D eigenvalue weighted by Gasteiger charge is 2.43. The van der Waals surface area contributed by atoms with Crippen LogP contribution in [0.4, 0.5) is 4.39 Å². The van der Waals surface area contributed by atoms with Gasteiger partial charge in [-0.15, -0.1) is 0 Å². The van der Waals surface area contributed by atoms with Crippen LogP contribution in [0.1, 0.15) is 29.3 Å². The largest absolute Gasteiger partial charge is 0.343 e. The number of alkyl halides is 1. The average molecular weight is 354 g/mol. The van der Waals surface area contributed by atoms with E-state index in [1.807, 2.05) is 31.2 Å². The molecule has 1 aromatic carbocycles. The maximum atomic E-state index is 14.1. The van der Waals surface area contributed by atoms with Gasteiger partial charge in [-0.05, 0) is 32.0 Å². The molecule has 134 valence electrons. The van der Waals surface area contributed by atoms with E-state index in [4.69, 9.17) is 5.26 Å². The van der Waals surface area contributed by atoms with Crippen LogP contribution in [-0.4, -0.2) is 46.5 Å². The van der Waals surface area contributed by atoms with Crippen molar-refractivity contribution in [3.8, 4) is 6.07 Å². The Labute approximate surface area is 150 Å². The van der Waals surface area contributed by atoms with Gasteiger partial charge in [-0.25, -0.2) is 4.39 Å². The summed E-state index contributed by atoms with van der Waals surface area (Å²) in [5.74, 6) is -0.882. The van der Waals surface area contributed by atoms with Crippen LogP contribution in [0.25, 0.3) is 10.9 Å². The fourth-order valence-electron chi connectivity index (χ4n) is 3.23. The monoisotopic (exact) mass is 354 g/mol. The zero-order chi connectivity index (χ0) is 18.9. The second-order valence-corrected chi connectivity index (χ2v) is 6.85. The summed E-state index contributed by atoms with van der Waals surface area (Å²) >= 11 is 0. The molecule has 1 aliphatic heterocycles. The lowest BCUT2D eigenvalue weighted by Gasteiger charge is -2.20. The van der Waals surface area contributed by atoms with Gasteiger partial charge in [0, 0.05) is 18.0 Å². The third-order valence-corrected chi connectivity index (χ3v) is 4.51. The minimum atomic E-state index is -1.58. The molecule has 3 rings (SSSR count). The Hall–Kier alpha value is -3.01. The summed E-state index contributed by atoms with van der Waals surface area (Å²) in [7, 11) is 0. The van der Waals surface area contributed by atoms with E-state index in [1.165, 1.54) is 18.0 Å². The molecule has 1 fully saturated rings. The molecule has 2 amide bonds. The summed E-state index contributed by atoms with van der Waals surface area (Å²) in [6.07, 6.45) is 1.52. The van der Waals surface area contributed by atoms with Gasteiger partial charge >= 0.3 is 0 Å². The van der Waals surface area contributed by atoms with Gasteiger partial charge in [0.05, 0.1) is 30.2 Å². The number of hydrogen-bond acceptors (Lipinski definition) is 4. The molecule has 1 unspecified atom stereocenters. The Morgan fingerprint density at radius 1 is 1.46 bits per heavy atom. The average Bonchev–Trinajstić information content (AvgIpc) is 2.93. The fourth-order valence-corrected chi connectivity index (χ4v) is 3.23. The van der Waals surface area contributed by atoms with Crippen molar-refractivity contribution in [3.05, 3.63) is 41.6 Å². The molecule has 0 spiro atoms. The van der Waals surface area contributed by atoms with Crippen LogP contribution in [-0.2, 0) is 4.79 Å². The Balaban J connectivity index is 1.73. The van der Waals surface area contributed by atoms with E-state index in [0.29, 0.717) is 16.5 Å². The molecule has 0 bridgehead atoms. The van der Waals surface area contributed by atoms with E-state index in [2.05, 4.69) is 10.3 Å². The van der Waals surface area contributed by atoms with Crippen molar-refractivity contribution in [2.24, 2.45) is 0 Å². The number of benzene rings is 1. The summed E-state index contributed by atoms with van der Waals surface area (Å²) in [5.41, 5.74) is 0.512. The van der Waals surface area contributed by atoms with E-state index in [1.54, 1.807) is 6.07 Å². The van der Waals surface area contributed by atoms with Gasteiger partial charge in [-0.2, -0.15) is 5.26 Å².